The molecule has 0 aromatic heterocycles. The van der Waals surface area contributed by atoms with Crippen molar-refractivity contribution in [3.63, 3.8) is 0 Å². The molecule has 0 nitrogen and oxygen atoms in total. The topological polar surface area (TPSA) is 0 Å². The first-order valence-corrected chi connectivity index (χ1v) is 2.94. The second kappa shape index (κ2) is 4.20. The predicted molar refractivity (Wildman–Crippen MR) is 33.2 cm³/mol. The Kier molecular flexibility index (Phi) is 4.21. The van der Waals surface area contributed by atoms with Gasteiger partial charge < -0.3 is 0 Å². The summed E-state index contributed by atoms with van der Waals surface area (Å²) in [6.07, 6.45) is 2.06. The van der Waals surface area contributed by atoms with Crippen LogP contribution in [-0.2, 0) is 0 Å². The Balaban J connectivity index is 3.38. The zero-order chi connectivity index (χ0) is 5.70. The molecule has 0 heterocycles. The fraction of sp³-hybridized carbons (Fsp3) is 0.667. The van der Waals surface area contributed by atoms with Gasteiger partial charge in [-0.05, 0) is 12.8 Å². The van der Waals surface area contributed by atoms with Crippen LogP contribution < -0.4 is 0 Å². The Hall–Kier alpha value is 0.0300. The van der Waals surface area contributed by atoms with Gasteiger partial charge in [-0.1, -0.05) is 31.0 Å². The van der Waals surface area contributed by atoms with Crippen molar-refractivity contribution in [1.82, 2.24) is 0 Å². The van der Waals surface area contributed by atoms with Crippen molar-refractivity contribution in [2.45, 2.75) is 26.7 Å². The first-order valence-electron chi connectivity index (χ1n) is 2.56. The Bertz CT molecular complexity index is 58.6. The summed E-state index contributed by atoms with van der Waals surface area (Å²) in [5.74, 6) is 0. The molecule has 0 atom stereocenters. The van der Waals surface area contributed by atoms with E-state index in [9.17, 15) is 0 Å². The zero-order valence-corrected chi connectivity index (χ0v) is 5.55. The normalized spacial score (nSPS) is 8.43. The summed E-state index contributed by atoms with van der Waals surface area (Å²) in [6, 6.07) is 0. The predicted octanol–water partition coefficient (Wildman–Crippen LogP) is 2.73. The second-order valence-corrected chi connectivity index (χ2v) is 1.59. The van der Waals surface area contributed by atoms with Crippen LogP contribution in [-0.4, -0.2) is 0 Å². The van der Waals surface area contributed by atoms with Crippen molar-refractivity contribution < 1.29 is 0 Å². The van der Waals surface area contributed by atoms with Gasteiger partial charge in [0, 0.05) is 0 Å². The van der Waals surface area contributed by atoms with Crippen LogP contribution in [0.1, 0.15) is 26.7 Å². The average molecular weight is 118 g/mol. The molecule has 0 bridgehead atoms. The second-order valence-electron chi connectivity index (χ2n) is 1.41. The number of rotatable bonds is 2. The van der Waals surface area contributed by atoms with Gasteiger partial charge in [0.1, 0.15) is 0 Å². The summed E-state index contributed by atoms with van der Waals surface area (Å²) in [6.45, 7) is 4.16. The van der Waals surface area contributed by atoms with Crippen molar-refractivity contribution in [3.05, 3.63) is 11.1 Å². The van der Waals surface area contributed by atoms with Gasteiger partial charge in [0.2, 0.25) is 0 Å². The van der Waals surface area contributed by atoms with Crippen LogP contribution in [0.5, 0.6) is 0 Å². The van der Waals surface area contributed by atoms with Gasteiger partial charge in [-0.25, -0.2) is 0 Å². The van der Waals surface area contributed by atoms with Crippen LogP contribution in [0.3, 0.4) is 0 Å². The van der Waals surface area contributed by atoms with E-state index in [-0.39, 0.29) is 0 Å². The minimum absolute atomic E-state index is 1.03. The lowest BCUT2D eigenvalue weighted by molar-refractivity contribution is 0.977. The molecule has 0 aliphatic carbocycles. The highest BCUT2D eigenvalue weighted by Gasteiger charge is 1.84. The molecule has 0 saturated carbocycles. The van der Waals surface area contributed by atoms with E-state index < -0.39 is 0 Å². The molecular weight excluding hydrogens is 108 g/mol. The number of allylic oxidation sites excluding steroid dienone is 1. The molecule has 0 unspecified atom stereocenters. The smallest absolute Gasteiger partial charge is 0.0583 e. The highest BCUT2D eigenvalue weighted by molar-refractivity contribution is 6.22. The van der Waals surface area contributed by atoms with Gasteiger partial charge in [0.25, 0.3) is 0 Å². The Morgan fingerprint density at radius 2 is 1.86 bits per heavy atom. The zero-order valence-electron chi connectivity index (χ0n) is 4.79. The maximum atomic E-state index is 5.28. The lowest BCUT2D eigenvalue weighted by Crippen LogP contribution is -1.72. The van der Waals surface area contributed by atoms with E-state index in [4.69, 9.17) is 11.6 Å². The Morgan fingerprint density at radius 3 is 1.86 bits per heavy atom. The minimum atomic E-state index is 1.03. The monoisotopic (exact) mass is 117 g/mol. The molecule has 0 spiro atoms. The largest absolute Gasteiger partial charge is 0.0828 e. The summed E-state index contributed by atoms with van der Waals surface area (Å²) in [4.78, 5) is 0. The molecule has 0 aromatic rings. The molecule has 0 saturated heterocycles. The van der Waals surface area contributed by atoms with Crippen LogP contribution in [0.15, 0.2) is 5.57 Å². The van der Waals surface area contributed by atoms with Crippen LogP contribution in [0.4, 0.5) is 0 Å². The van der Waals surface area contributed by atoms with Gasteiger partial charge in [-0.2, -0.15) is 0 Å². The van der Waals surface area contributed by atoms with Gasteiger partial charge >= 0.3 is 0 Å². The van der Waals surface area contributed by atoms with Crippen molar-refractivity contribution in [2.24, 2.45) is 0 Å². The van der Waals surface area contributed by atoms with Gasteiger partial charge in [-0.3, -0.25) is 0 Å². The van der Waals surface area contributed by atoms with Crippen molar-refractivity contribution in [1.29, 1.82) is 0 Å². The number of halogens is 1. The van der Waals surface area contributed by atoms with Crippen LogP contribution >= 0.6 is 11.6 Å². The van der Waals surface area contributed by atoms with E-state index >= 15 is 0 Å². The van der Waals surface area contributed by atoms with E-state index in [0.29, 0.717) is 0 Å². The third-order valence-electron chi connectivity index (χ3n) is 0.987. The van der Waals surface area contributed by atoms with Crippen LogP contribution in [0.2, 0.25) is 0 Å². The highest BCUT2D eigenvalue weighted by atomic mass is 35.5. The van der Waals surface area contributed by atoms with E-state index in [2.05, 4.69) is 19.4 Å². The molecular formula is C6H10Cl. The summed E-state index contributed by atoms with van der Waals surface area (Å²) in [5, 5.41) is 0. The molecule has 0 rings (SSSR count). The molecule has 0 fully saturated rings. The number of hydrogen-bond donors (Lipinski definition) is 0. The molecule has 1 heteroatoms. The first-order chi connectivity index (χ1) is 3.35. The summed E-state index contributed by atoms with van der Waals surface area (Å²) in [7, 11) is 0. The number of hydrogen-bond acceptors (Lipinski definition) is 0. The highest BCUT2D eigenvalue weighted by Crippen LogP contribution is 2.04. The molecule has 0 amide bonds. The van der Waals surface area contributed by atoms with Gasteiger partial charge in [-0.15, -0.1) is 0 Å². The third-order valence-corrected chi connectivity index (χ3v) is 1.25. The van der Waals surface area contributed by atoms with Gasteiger partial charge in [0.15, 0.2) is 0 Å². The van der Waals surface area contributed by atoms with Crippen molar-refractivity contribution in [2.75, 3.05) is 0 Å². The van der Waals surface area contributed by atoms with E-state index in [0.717, 1.165) is 12.8 Å². The Labute approximate surface area is 50.2 Å². The van der Waals surface area contributed by atoms with E-state index in [1.165, 1.54) is 5.57 Å². The Morgan fingerprint density at radius 1 is 1.43 bits per heavy atom. The van der Waals surface area contributed by atoms with E-state index in [1.807, 2.05) is 0 Å². The molecule has 0 aliphatic heterocycles. The van der Waals surface area contributed by atoms with Crippen LogP contribution in [0.25, 0.3) is 0 Å². The third kappa shape index (κ3) is 2.69. The SMILES string of the molecule is CCC(=[C]Cl)CC. The molecule has 0 N–H and O–H groups in total. The average Bonchev–Trinajstić information content (AvgIpc) is 1.72. The lowest BCUT2D eigenvalue weighted by Gasteiger charge is -1.91. The molecule has 7 heavy (non-hydrogen) atoms. The standard InChI is InChI=1S/C6H10Cl/c1-3-6(4-2)5-7/h3-4H2,1-2H3. The van der Waals surface area contributed by atoms with Crippen molar-refractivity contribution in [3.8, 4) is 0 Å². The maximum Gasteiger partial charge on any atom is 0.0583 e. The summed E-state index contributed by atoms with van der Waals surface area (Å²) < 4.78 is 0. The van der Waals surface area contributed by atoms with Gasteiger partial charge in [0.05, 0.1) is 5.54 Å². The summed E-state index contributed by atoms with van der Waals surface area (Å²) >= 11 is 5.28. The quantitative estimate of drug-likeness (QED) is 0.522. The van der Waals surface area contributed by atoms with E-state index in [1.54, 1.807) is 0 Å². The molecule has 0 aliphatic rings. The summed E-state index contributed by atoms with van der Waals surface area (Å²) in [5.41, 5.74) is 3.79. The first kappa shape index (κ1) is 7.03. The van der Waals surface area contributed by atoms with Crippen molar-refractivity contribution >= 4 is 11.6 Å². The minimum Gasteiger partial charge on any atom is -0.0828 e. The lowest BCUT2D eigenvalue weighted by atomic mass is 10.2. The molecule has 0 aromatic carbocycles. The fourth-order valence-corrected chi connectivity index (χ4v) is 0.651. The maximum absolute atomic E-state index is 5.28. The fourth-order valence-electron chi connectivity index (χ4n) is 0.384. The molecule has 1 radical (unpaired) electrons. The molecule has 41 valence electrons. The van der Waals surface area contributed by atoms with Crippen LogP contribution in [0, 0.1) is 5.54 Å².